The van der Waals surface area contributed by atoms with Crippen LogP contribution < -0.4 is 15.4 Å². The molecule has 0 aliphatic carbocycles. The molecule has 3 rings (SSSR count). The fraction of sp³-hybridized carbons (Fsp3) is 0.409. The van der Waals surface area contributed by atoms with Crippen molar-refractivity contribution in [2.24, 2.45) is 0 Å². The van der Waals surface area contributed by atoms with Gasteiger partial charge in [-0.05, 0) is 43.2 Å². The van der Waals surface area contributed by atoms with E-state index < -0.39 is 0 Å². The summed E-state index contributed by atoms with van der Waals surface area (Å²) in [4.78, 5) is 14.7. The number of morpholine rings is 1. The summed E-state index contributed by atoms with van der Waals surface area (Å²) in [5.74, 6) is 0.800. The minimum Gasteiger partial charge on any atom is -0.497 e. The summed E-state index contributed by atoms with van der Waals surface area (Å²) in [7, 11) is 1.64. The summed E-state index contributed by atoms with van der Waals surface area (Å²) < 4.78 is 11.0. The van der Waals surface area contributed by atoms with Crippen molar-refractivity contribution in [3.05, 3.63) is 59.7 Å². The molecule has 2 N–H and O–H groups in total. The van der Waals surface area contributed by atoms with Crippen LogP contribution in [0.3, 0.4) is 0 Å². The average Bonchev–Trinajstić information content (AvgIpc) is 2.67. The molecule has 1 fully saturated rings. The van der Waals surface area contributed by atoms with Crippen molar-refractivity contribution in [3.63, 3.8) is 0 Å². The van der Waals surface area contributed by atoms with Gasteiger partial charge >= 0.3 is 6.03 Å². The Bertz CT molecular complexity index is 769. The monoisotopic (exact) mass is 383 g/mol. The summed E-state index contributed by atoms with van der Waals surface area (Å²) >= 11 is 0. The molecule has 2 atom stereocenters. The molecule has 2 aromatic carbocycles. The number of hydrogen-bond donors (Lipinski definition) is 2. The molecule has 0 saturated carbocycles. The summed E-state index contributed by atoms with van der Waals surface area (Å²) in [5.41, 5.74) is 2.95. The van der Waals surface area contributed by atoms with Crippen LogP contribution in [0.5, 0.6) is 5.75 Å². The summed E-state index contributed by atoms with van der Waals surface area (Å²) in [6.07, 6.45) is 0.438. The first-order valence-corrected chi connectivity index (χ1v) is 9.67. The Labute approximate surface area is 166 Å². The van der Waals surface area contributed by atoms with Crippen LogP contribution in [-0.2, 0) is 17.8 Å². The van der Waals surface area contributed by atoms with Gasteiger partial charge in [-0.25, -0.2) is 4.79 Å². The van der Waals surface area contributed by atoms with E-state index in [1.165, 1.54) is 0 Å². The number of benzene rings is 2. The van der Waals surface area contributed by atoms with Crippen LogP contribution in [0.15, 0.2) is 48.5 Å². The Morgan fingerprint density at radius 3 is 2.46 bits per heavy atom. The van der Waals surface area contributed by atoms with Crippen molar-refractivity contribution in [3.8, 4) is 5.75 Å². The highest BCUT2D eigenvalue weighted by molar-refractivity contribution is 5.90. The van der Waals surface area contributed by atoms with Crippen LogP contribution in [0, 0.1) is 0 Å². The van der Waals surface area contributed by atoms with Crippen LogP contribution in [0.1, 0.15) is 25.0 Å². The summed E-state index contributed by atoms with van der Waals surface area (Å²) in [6.45, 7) is 7.22. The molecule has 0 bridgehead atoms. The third-order valence-electron chi connectivity index (χ3n) is 4.77. The van der Waals surface area contributed by atoms with Crippen molar-refractivity contribution >= 4 is 11.7 Å². The van der Waals surface area contributed by atoms with E-state index in [0.29, 0.717) is 6.54 Å². The van der Waals surface area contributed by atoms with Gasteiger partial charge in [0.25, 0.3) is 0 Å². The molecule has 0 radical (unpaired) electrons. The predicted molar refractivity (Wildman–Crippen MR) is 111 cm³/mol. The average molecular weight is 383 g/mol. The molecule has 6 nitrogen and oxygen atoms in total. The van der Waals surface area contributed by atoms with Crippen LogP contribution >= 0.6 is 0 Å². The Hall–Kier alpha value is -2.57. The van der Waals surface area contributed by atoms with Gasteiger partial charge in [0, 0.05) is 31.9 Å². The number of carbonyl (C=O) groups excluding carboxylic acids is 1. The van der Waals surface area contributed by atoms with E-state index in [0.717, 1.165) is 42.2 Å². The van der Waals surface area contributed by atoms with E-state index in [4.69, 9.17) is 9.47 Å². The largest absolute Gasteiger partial charge is 0.497 e. The Morgan fingerprint density at radius 1 is 1.11 bits per heavy atom. The number of hydrogen-bond acceptors (Lipinski definition) is 4. The zero-order valence-corrected chi connectivity index (χ0v) is 16.8. The lowest BCUT2D eigenvalue weighted by Gasteiger charge is -2.35. The maximum atomic E-state index is 12.4. The molecule has 150 valence electrons. The Balaban J connectivity index is 1.56. The maximum absolute atomic E-state index is 12.4. The molecule has 1 heterocycles. The number of methoxy groups -OCH3 is 1. The third-order valence-corrected chi connectivity index (χ3v) is 4.77. The van der Waals surface area contributed by atoms with E-state index in [1.54, 1.807) is 7.11 Å². The number of carbonyl (C=O) groups is 1. The van der Waals surface area contributed by atoms with Gasteiger partial charge in [-0.3, -0.25) is 4.90 Å². The van der Waals surface area contributed by atoms with E-state index in [1.807, 2.05) is 42.5 Å². The fourth-order valence-electron chi connectivity index (χ4n) is 3.53. The van der Waals surface area contributed by atoms with Gasteiger partial charge in [-0.15, -0.1) is 0 Å². The van der Waals surface area contributed by atoms with Crippen molar-refractivity contribution in [1.82, 2.24) is 10.2 Å². The smallest absolute Gasteiger partial charge is 0.319 e. The van der Waals surface area contributed by atoms with E-state index >= 15 is 0 Å². The molecule has 1 aliphatic heterocycles. The SMILES string of the molecule is COc1ccc(CNC(=O)Nc2ccccc2CN2CC(C)OC(C)C2)cc1. The minimum absolute atomic E-state index is 0.216. The topological polar surface area (TPSA) is 62.8 Å². The quantitative estimate of drug-likeness (QED) is 0.800. The first-order chi connectivity index (χ1) is 13.5. The number of rotatable bonds is 6. The second kappa shape index (κ2) is 9.57. The van der Waals surface area contributed by atoms with Gasteiger partial charge < -0.3 is 20.1 Å². The minimum atomic E-state index is -0.216. The zero-order valence-electron chi connectivity index (χ0n) is 16.8. The van der Waals surface area contributed by atoms with Gasteiger partial charge in [0.1, 0.15) is 5.75 Å². The lowest BCUT2D eigenvalue weighted by atomic mass is 10.1. The van der Waals surface area contributed by atoms with E-state index in [9.17, 15) is 4.79 Å². The van der Waals surface area contributed by atoms with Crippen molar-refractivity contribution in [2.75, 3.05) is 25.5 Å². The summed E-state index contributed by atoms with van der Waals surface area (Å²) in [5, 5.41) is 5.89. The first-order valence-electron chi connectivity index (χ1n) is 9.67. The van der Waals surface area contributed by atoms with Crippen molar-refractivity contribution in [2.45, 2.75) is 39.1 Å². The van der Waals surface area contributed by atoms with Crippen molar-refractivity contribution in [1.29, 1.82) is 0 Å². The zero-order chi connectivity index (χ0) is 19.9. The van der Waals surface area contributed by atoms with Gasteiger partial charge in [-0.1, -0.05) is 30.3 Å². The molecule has 6 heteroatoms. The molecule has 0 spiro atoms. The van der Waals surface area contributed by atoms with Gasteiger partial charge in [-0.2, -0.15) is 0 Å². The fourth-order valence-corrected chi connectivity index (χ4v) is 3.53. The van der Waals surface area contributed by atoms with Crippen LogP contribution in [0.25, 0.3) is 0 Å². The standard InChI is InChI=1S/C22H29N3O3/c1-16-13-25(14-17(2)28-16)15-19-6-4-5-7-21(19)24-22(26)23-12-18-8-10-20(27-3)11-9-18/h4-11,16-17H,12-15H2,1-3H3,(H2,23,24,26). The second-order valence-electron chi connectivity index (χ2n) is 7.26. The molecule has 1 saturated heterocycles. The number of ether oxygens (including phenoxy) is 2. The van der Waals surface area contributed by atoms with Gasteiger partial charge in [0.15, 0.2) is 0 Å². The molecule has 2 amide bonds. The highest BCUT2D eigenvalue weighted by Gasteiger charge is 2.22. The molecule has 2 aromatic rings. The van der Waals surface area contributed by atoms with Crippen LogP contribution in [0.4, 0.5) is 10.5 Å². The maximum Gasteiger partial charge on any atom is 0.319 e. The number of para-hydroxylation sites is 1. The lowest BCUT2D eigenvalue weighted by Crippen LogP contribution is -2.44. The second-order valence-corrected chi connectivity index (χ2v) is 7.26. The molecule has 1 aliphatic rings. The lowest BCUT2D eigenvalue weighted by molar-refractivity contribution is -0.0704. The predicted octanol–water partition coefficient (Wildman–Crippen LogP) is 3.63. The molecular weight excluding hydrogens is 354 g/mol. The molecule has 28 heavy (non-hydrogen) atoms. The molecule has 2 unspecified atom stereocenters. The van der Waals surface area contributed by atoms with Crippen LogP contribution in [0.2, 0.25) is 0 Å². The number of nitrogens with one attached hydrogen (secondary N) is 2. The highest BCUT2D eigenvalue weighted by Crippen LogP contribution is 2.20. The van der Waals surface area contributed by atoms with Gasteiger partial charge in [0.2, 0.25) is 0 Å². The molecular formula is C22H29N3O3. The van der Waals surface area contributed by atoms with E-state index in [2.05, 4.69) is 35.4 Å². The van der Waals surface area contributed by atoms with Crippen molar-refractivity contribution < 1.29 is 14.3 Å². The number of nitrogens with zero attached hydrogens (tertiary/aromatic N) is 1. The third kappa shape index (κ3) is 5.71. The summed E-state index contributed by atoms with van der Waals surface area (Å²) in [6, 6.07) is 15.4. The number of anilines is 1. The number of urea groups is 1. The van der Waals surface area contributed by atoms with Crippen LogP contribution in [-0.4, -0.2) is 43.3 Å². The molecule has 0 aromatic heterocycles. The normalized spacial score (nSPS) is 19.8. The Morgan fingerprint density at radius 2 is 1.79 bits per heavy atom. The van der Waals surface area contributed by atoms with E-state index in [-0.39, 0.29) is 18.2 Å². The van der Waals surface area contributed by atoms with Gasteiger partial charge in [0.05, 0.1) is 19.3 Å². The highest BCUT2D eigenvalue weighted by atomic mass is 16.5. The first kappa shape index (κ1) is 20.2. The number of amides is 2. The Kier molecular flexibility index (Phi) is 6.90.